The summed E-state index contributed by atoms with van der Waals surface area (Å²) in [5.41, 5.74) is 0.179. The van der Waals surface area contributed by atoms with E-state index in [2.05, 4.69) is 0 Å². The second-order valence-corrected chi connectivity index (χ2v) is 5.07. The van der Waals surface area contributed by atoms with Crippen molar-refractivity contribution in [2.24, 2.45) is 7.05 Å². The number of ether oxygens (including phenoxy) is 2. The highest BCUT2D eigenvalue weighted by Crippen LogP contribution is 2.42. The molecule has 0 fully saturated rings. The van der Waals surface area contributed by atoms with Crippen LogP contribution in [0.2, 0.25) is 0 Å². The van der Waals surface area contributed by atoms with E-state index in [0.29, 0.717) is 5.52 Å². The first-order valence-electron chi connectivity index (χ1n) is 6.73. The van der Waals surface area contributed by atoms with Gasteiger partial charge in [0.2, 0.25) is 11.2 Å². The number of phenolic OH excluding ortho intramolecular Hbond substituents is 3. The van der Waals surface area contributed by atoms with Crippen LogP contribution < -0.4 is 14.9 Å². The van der Waals surface area contributed by atoms with Crippen LogP contribution in [0.15, 0.2) is 23.0 Å². The summed E-state index contributed by atoms with van der Waals surface area (Å²) in [6.07, 6.45) is 0. The predicted molar refractivity (Wildman–Crippen MR) is 84.8 cm³/mol. The fourth-order valence-electron chi connectivity index (χ4n) is 2.85. The Morgan fingerprint density at radius 2 is 1.65 bits per heavy atom. The van der Waals surface area contributed by atoms with Gasteiger partial charge in [-0.1, -0.05) is 0 Å². The number of rotatable bonds is 2. The standard InChI is InChI=1S/C16H15NO6/c1-17-8-6-10(19)16(23-3)14(21)11(8)13(20)7-4-5-9(18)15(22-2)12(7)17/h4-6,18-19,21H,1-3H3. The average Bonchev–Trinajstić information content (AvgIpc) is 2.52. The Morgan fingerprint density at radius 3 is 2.26 bits per heavy atom. The molecule has 120 valence electrons. The number of fused-ring (bicyclic) bond motifs is 2. The first kappa shape index (κ1) is 14.8. The third-order valence-corrected chi connectivity index (χ3v) is 3.90. The lowest BCUT2D eigenvalue weighted by molar-refractivity contribution is 0.347. The van der Waals surface area contributed by atoms with Gasteiger partial charge in [0.25, 0.3) is 0 Å². The van der Waals surface area contributed by atoms with Crippen LogP contribution in [-0.4, -0.2) is 34.1 Å². The van der Waals surface area contributed by atoms with E-state index in [0.717, 1.165) is 0 Å². The smallest absolute Gasteiger partial charge is 0.203 e. The van der Waals surface area contributed by atoms with Gasteiger partial charge in [0, 0.05) is 13.1 Å². The molecule has 0 saturated carbocycles. The molecule has 0 saturated heterocycles. The monoisotopic (exact) mass is 317 g/mol. The molecule has 0 radical (unpaired) electrons. The highest BCUT2D eigenvalue weighted by Gasteiger charge is 2.21. The van der Waals surface area contributed by atoms with Crippen molar-refractivity contribution < 1.29 is 24.8 Å². The van der Waals surface area contributed by atoms with Gasteiger partial charge >= 0.3 is 0 Å². The van der Waals surface area contributed by atoms with Gasteiger partial charge in [0.15, 0.2) is 23.0 Å². The van der Waals surface area contributed by atoms with Gasteiger partial charge in [0.05, 0.1) is 36.0 Å². The van der Waals surface area contributed by atoms with E-state index in [4.69, 9.17) is 9.47 Å². The third-order valence-electron chi connectivity index (χ3n) is 3.90. The molecule has 7 heteroatoms. The van der Waals surface area contributed by atoms with Gasteiger partial charge in [-0.2, -0.15) is 0 Å². The van der Waals surface area contributed by atoms with Crippen LogP contribution in [0.1, 0.15) is 0 Å². The zero-order valence-electron chi connectivity index (χ0n) is 12.7. The molecule has 0 amide bonds. The van der Waals surface area contributed by atoms with Crippen LogP contribution in [-0.2, 0) is 7.05 Å². The molecule has 0 spiro atoms. The lowest BCUT2D eigenvalue weighted by atomic mass is 10.1. The first-order valence-corrected chi connectivity index (χ1v) is 6.73. The molecule has 0 aliphatic carbocycles. The van der Waals surface area contributed by atoms with Crippen LogP contribution in [0, 0.1) is 0 Å². The Bertz CT molecular complexity index is 1010. The van der Waals surface area contributed by atoms with Crippen molar-refractivity contribution in [1.82, 2.24) is 4.57 Å². The highest BCUT2D eigenvalue weighted by molar-refractivity contribution is 6.01. The summed E-state index contributed by atoms with van der Waals surface area (Å²) in [6.45, 7) is 0. The molecular weight excluding hydrogens is 302 g/mol. The van der Waals surface area contributed by atoms with E-state index in [1.54, 1.807) is 11.6 Å². The van der Waals surface area contributed by atoms with Crippen molar-refractivity contribution in [2.75, 3.05) is 14.2 Å². The van der Waals surface area contributed by atoms with E-state index in [-0.39, 0.29) is 39.3 Å². The molecule has 3 rings (SSSR count). The molecule has 3 N–H and O–H groups in total. The van der Waals surface area contributed by atoms with Crippen LogP contribution >= 0.6 is 0 Å². The normalized spacial score (nSPS) is 11.1. The summed E-state index contributed by atoms with van der Waals surface area (Å²) in [7, 11) is 4.30. The molecule has 1 aromatic heterocycles. The van der Waals surface area contributed by atoms with Crippen molar-refractivity contribution in [1.29, 1.82) is 0 Å². The molecule has 0 bridgehead atoms. The largest absolute Gasteiger partial charge is 0.504 e. The Balaban J connectivity index is 2.67. The lowest BCUT2D eigenvalue weighted by Gasteiger charge is -2.16. The Morgan fingerprint density at radius 1 is 1.00 bits per heavy atom. The predicted octanol–water partition coefficient (Wildman–Crippen LogP) is 1.83. The SMILES string of the molecule is COc1c(O)cc2c(c1O)c(=O)c1ccc(O)c(OC)c1n2C. The summed E-state index contributed by atoms with van der Waals surface area (Å²) in [4.78, 5) is 12.8. The van der Waals surface area contributed by atoms with Gasteiger partial charge in [-0.25, -0.2) is 0 Å². The zero-order valence-corrected chi connectivity index (χ0v) is 12.7. The van der Waals surface area contributed by atoms with Crippen LogP contribution in [0.5, 0.6) is 28.7 Å². The fraction of sp³-hybridized carbons (Fsp3) is 0.188. The van der Waals surface area contributed by atoms with Crippen molar-refractivity contribution in [3.05, 3.63) is 28.4 Å². The lowest BCUT2D eigenvalue weighted by Crippen LogP contribution is -2.10. The van der Waals surface area contributed by atoms with Gasteiger partial charge in [-0.05, 0) is 12.1 Å². The minimum Gasteiger partial charge on any atom is -0.504 e. The first-order chi connectivity index (χ1) is 10.9. The Hall–Kier alpha value is -3.09. The van der Waals surface area contributed by atoms with E-state index < -0.39 is 11.2 Å². The number of aryl methyl sites for hydroxylation is 1. The topological polar surface area (TPSA) is 101 Å². The molecule has 7 nitrogen and oxygen atoms in total. The van der Waals surface area contributed by atoms with Gasteiger partial charge in [-0.3, -0.25) is 4.79 Å². The average molecular weight is 317 g/mol. The maximum atomic E-state index is 12.8. The molecular formula is C16H15NO6. The molecule has 1 heterocycles. The maximum Gasteiger partial charge on any atom is 0.203 e. The van der Waals surface area contributed by atoms with Crippen LogP contribution in [0.25, 0.3) is 21.8 Å². The van der Waals surface area contributed by atoms with E-state index in [1.807, 2.05) is 0 Å². The van der Waals surface area contributed by atoms with E-state index in [9.17, 15) is 20.1 Å². The molecule has 23 heavy (non-hydrogen) atoms. The Kier molecular flexibility index (Phi) is 3.21. The zero-order chi connectivity index (χ0) is 16.9. The fourth-order valence-corrected chi connectivity index (χ4v) is 2.85. The number of aromatic hydroxyl groups is 3. The number of hydrogen-bond donors (Lipinski definition) is 3. The molecule has 2 aromatic carbocycles. The van der Waals surface area contributed by atoms with Crippen molar-refractivity contribution in [3.63, 3.8) is 0 Å². The number of pyridine rings is 1. The quantitative estimate of drug-likeness (QED) is 0.623. The molecule has 0 atom stereocenters. The number of benzene rings is 2. The van der Waals surface area contributed by atoms with E-state index in [1.165, 1.54) is 32.4 Å². The minimum absolute atomic E-state index is 0.0161. The van der Waals surface area contributed by atoms with E-state index >= 15 is 0 Å². The van der Waals surface area contributed by atoms with Crippen LogP contribution in [0.3, 0.4) is 0 Å². The third kappa shape index (κ3) is 1.86. The number of aromatic nitrogens is 1. The van der Waals surface area contributed by atoms with Crippen molar-refractivity contribution in [3.8, 4) is 28.7 Å². The summed E-state index contributed by atoms with van der Waals surface area (Å²) in [6, 6.07) is 4.12. The molecule has 0 unspecified atom stereocenters. The number of nitrogens with zero attached hydrogens (tertiary/aromatic N) is 1. The summed E-state index contributed by atoms with van der Waals surface area (Å²) < 4.78 is 11.7. The summed E-state index contributed by atoms with van der Waals surface area (Å²) in [5.74, 6) is -0.877. The summed E-state index contributed by atoms with van der Waals surface area (Å²) in [5, 5.41) is 30.5. The Labute approximate surface area is 130 Å². The number of methoxy groups -OCH3 is 2. The molecule has 3 aromatic rings. The molecule has 0 aliphatic rings. The second-order valence-electron chi connectivity index (χ2n) is 5.07. The highest BCUT2D eigenvalue weighted by atomic mass is 16.5. The van der Waals surface area contributed by atoms with Crippen molar-refractivity contribution >= 4 is 21.8 Å². The maximum absolute atomic E-state index is 12.8. The van der Waals surface area contributed by atoms with Gasteiger partial charge in [-0.15, -0.1) is 0 Å². The number of hydrogen-bond acceptors (Lipinski definition) is 6. The number of phenols is 3. The minimum atomic E-state index is -0.456. The van der Waals surface area contributed by atoms with Gasteiger partial charge in [0.1, 0.15) is 0 Å². The van der Waals surface area contributed by atoms with Crippen LogP contribution in [0.4, 0.5) is 0 Å². The molecule has 0 aliphatic heterocycles. The second kappa shape index (κ2) is 4.98. The summed E-state index contributed by atoms with van der Waals surface area (Å²) >= 11 is 0. The van der Waals surface area contributed by atoms with Gasteiger partial charge < -0.3 is 29.4 Å². The van der Waals surface area contributed by atoms with Crippen molar-refractivity contribution in [2.45, 2.75) is 0 Å².